The maximum absolute atomic E-state index is 11.4. The van der Waals surface area contributed by atoms with E-state index in [9.17, 15) is 14.7 Å². The van der Waals surface area contributed by atoms with Gasteiger partial charge in [-0.3, -0.25) is 9.59 Å². The second kappa shape index (κ2) is 4.84. The molecule has 0 heterocycles. The minimum absolute atomic E-state index is 0.116. The van der Waals surface area contributed by atoms with Gasteiger partial charge in [0, 0.05) is 11.3 Å². The molecule has 1 aromatic carbocycles. The number of carbonyl (C=O) groups excluding carboxylic acids is 1. The van der Waals surface area contributed by atoms with Gasteiger partial charge in [-0.2, -0.15) is 0 Å². The predicted molar refractivity (Wildman–Crippen MR) is 56.6 cm³/mol. The number of phenolic OH excluding ortho intramolecular Hbond substituents is 1. The van der Waals surface area contributed by atoms with Crippen molar-refractivity contribution in [3.63, 3.8) is 0 Å². The Balaban J connectivity index is 2.78. The summed E-state index contributed by atoms with van der Waals surface area (Å²) in [5.41, 5.74) is 0.133. The number of Topliss-reactive ketones (excluding diaryl/α,β-unsaturated/α-hetero) is 1. The van der Waals surface area contributed by atoms with Gasteiger partial charge in [-0.15, -0.1) is 12.6 Å². The fraction of sp³-hybridized carbons (Fsp3) is 0.200. The van der Waals surface area contributed by atoms with Crippen LogP contribution < -0.4 is 0 Å². The Labute approximate surface area is 92.0 Å². The Bertz CT molecular complexity index is 400. The lowest BCUT2D eigenvalue weighted by Crippen LogP contribution is -2.03. The molecule has 0 aromatic heterocycles. The van der Waals surface area contributed by atoms with E-state index in [1.165, 1.54) is 12.1 Å². The standard InChI is InChI=1S/C10H10O4S/c11-8(3-4-10(13)14)7-2-1-6(15)5-9(7)12/h1-2,5,12,15H,3-4H2,(H,13,14). The summed E-state index contributed by atoms with van der Waals surface area (Å²) in [7, 11) is 0. The SMILES string of the molecule is O=C(O)CCC(=O)c1ccc(S)cc1O. The summed E-state index contributed by atoms with van der Waals surface area (Å²) in [4.78, 5) is 22.2. The van der Waals surface area contributed by atoms with E-state index >= 15 is 0 Å². The van der Waals surface area contributed by atoms with Crippen LogP contribution in [0.15, 0.2) is 23.1 Å². The van der Waals surface area contributed by atoms with Crippen LogP contribution >= 0.6 is 12.6 Å². The highest BCUT2D eigenvalue weighted by atomic mass is 32.1. The van der Waals surface area contributed by atoms with Crippen molar-refractivity contribution in [1.82, 2.24) is 0 Å². The second-order valence-corrected chi connectivity index (χ2v) is 3.53. The Morgan fingerprint density at radius 3 is 2.47 bits per heavy atom. The molecule has 0 saturated heterocycles. The number of aliphatic carboxylic acids is 1. The number of hydrogen-bond donors (Lipinski definition) is 3. The maximum Gasteiger partial charge on any atom is 0.303 e. The van der Waals surface area contributed by atoms with Crippen molar-refractivity contribution in [3.8, 4) is 5.75 Å². The highest BCUT2D eigenvalue weighted by Gasteiger charge is 2.12. The van der Waals surface area contributed by atoms with E-state index in [1.807, 2.05) is 0 Å². The van der Waals surface area contributed by atoms with Gasteiger partial charge in [0.2, 0.25) is 0 Å². The zero-order valence-electron chi connectivity index (χ0n) is 7.80. The van der Waals surface area contributed by atoms with Crippen LogP contribution in [0, 0.1) is 0 Å². The molecule has 4 nitrogen and oxygen atoms in total. The van der Waals surface area contributed by atoms with Crippen molar-refractivity contribution in [2.45, 2.75) is 17.7 Å². The molecular weight excluding hydrogens is 216 g/mol. The molecule has 0 bridgehead atoms. The molecule has 0 radical (unpaired) electrons. The number of carboxylic acids is 1. The van der Waals surface area contributed by atoms with E-state index in [-0.39, 0.29) is 29.9 Å². The number of hydrogen-bond acceptors (Lipinski definition) is 4. The van der Waals surface area contributed by atoms with Crippen molar-refractivity contribution in [2.75, 3.05) is 0 Å². The summed E-state index contributed by atoms with van der Waals surface area (Å²) < 4.78 is 0. The molecule has 0 aliphatic rings. The van der Waals surface area contributed by atoms with E-state index < -0.39 is 5.97 Å². The monoisotopic (exact) mass is 226 g/mol. The van der Waals surface area contributed by atoms with Gasteiger partial charge in [0.05, 0.1) is 12.0 Å². The summed E-state index contributed by atoms with van der Waals surface area (Å²) >= 11 is 3.99. The number of benzene rings is 1. The third-order valence-corrected chi connectivity index (χ3v) is 2.13. The first-order valence-corrected chi connectivity index (χ1v) is 4.72. The maximum atomic E-state index is 11.4. The fourth-order valence-corrected chi connectivity index (χ4v) is 1.31. The number of ketones is 1. The largest absolute Gasteiger partial charge is 0.507 e. The number of thiol groups is 1. The molecule has 5 heteroatoms. The minimum Gasteiger partial charge on any atom is -0.507 e. The number of rotatable bonds is 4. The lowest BCUT2D eigenvalue weighted by Gasteiger charge is -2.03. The summed E-state index contributed by atoms with van der Waals surface area (Å²) in [5, 5.41) is 17.8. The molecule has 0 atom stereocenters. The van der Waals surface area contributed by atoms with E-state index in [1.54, 1.807) is 6.07 Å². The second-order valence-electron chi connectivity index (χ2n) is 3.02. The van der Waals surface area contributed by atoms with Crippen LogP contribution in [0.25, 0.3) is 0 Å². The van der Waals surface area contributed by atoms with E-state index in [2.05, 4.69) is 12.6 Å². The molecule has 0 spiro atoms. The number of carboxylic acid groups (broad SMARTS) is 1. The Hall–Kier alpha value is -1.49. The zero-order valence-corrected chi connectivity index (χ0v) is 8.70. The van der Waals surface area contributed by atoms with Crippen LogP contribution in [0.1, 0.15) is 23.2 Å². The molecule has 80 valence electrons. The first kappa shape index (κ1) is 11.6. The van der Waals surface area contributed by atoms with Gasteiger partial charge in [-0.1, -0.05) is 0 Å². The highest BCUT2D eigenvalue weighted by Crippen LogP contribution is 2.22. The molecular formula is C10H10O4S. The summed E-state index contributed by atoms with van der Waals surface area (Å²) in [6.07, 6.45) is -0.351. The van der Waals surface area contributed by atoms with Crippen LogP contribution in [-0.2, 0) is 4.79 Å². The first-order valence-electron chi connectivity index (χ1n) is 4.27. The van der Waals surface area contributed by atoms with E-state index in [0.717, 1.165) is 0 Å². The lowest BCUT2D eigenvalue weighted by molar-refractivity contribution is -0.136. The predicted octanol–water partition coefficient (Wildman–Crippen LogP) is 1.73. The van der Waals surface area contributed by atoms with Gasteiger partial charge < -0.3 is 10.2 Å². The number of phenols is 1. The van der Waals surface area contributed by atoms with Gasteiger partial charge in [0.15, 0.2) is 5.78 Å². The number of carbonyl (C=O) groups is 2. The van der Waals surface area contributed by atoms with Crippen molar-refractivity contribution in [1.29, 1.82) is 0 Å². The van der Waals surface area contributed by atoms with Gasteiger partial charge in [0.25, 0.3) is 0 Å². The van der Waals surface area contributed by atoms with Crippen molar-refractivity contribution in [3.05, 3.63) is 23.8 Å². The van der Waals surface area contributed by atoms with Crippen LogP contribution in [0.3, 0.4) is 0 Å². The van der Waals surface area contributed by atoms with Gasteiger partial charge in [-0.05, 0) is 18.2 Å². The smallest absolute Gasteiger partial charge is 0.303 e. The normalized spacial score (nSPS) is 9.93. The van der Waals surface area contributed by atoms with Crippen molar-refractivity contribution < 1.29 is 19.8 Å². The molecule has 0 aliphatic carbocycles. The van der Waals surface area contributed by atoms with Gasteiger partial charge >= 0.3 is 5.97 Å². The Morgan fingerprint density at radius 2 is 1.93 bits per heavy atom. The summed E-state index contributed by atoms with van der Waals surface area (Å²) in [6, 6.07) is 4.34. The van der Waals surface area contributed by atoms with E-state index in [0.29, 0.717) is 4.90 Å². The molecule has 0 amide bonds. The zero-order chi connectivity index (χ0) is 11.4. The Morgan fingerprint density at radius 1 is 1.27 bits per heavy atom. The fourth-order valence-electron chi connectivity index (χ4n) is 1.11. The van der Waals surface area contributed by atoms with Gasteiger partial charge in [-0.25, -0.2) is 0 Å². The van der Waals surface area contributed by atoms with Crippen molar-refractivity contribution in [2.24, 2.45) is 0 Å². The van der Waals surface area contributed by atoms with Crippen LogP contribution in [0.2, 0.25) is 0 Å². The first-order chi connectivity index (χ1) is 7.00. The third kappa shape index (κ3) is 3.28. The van der Waals surface area contributed by atoms with E-state index in [4.69, 9.17) is 5.11 Å². The number of aromatic hydroxyl groups is 1. The molecule has 0 saturated carbocycles. The molecule has 15 heavy (non-hydrogen) atoms. The molecule has 0 aliphatic heterocycles. The molecule has 0 unspecified atom stereocenters. The molecule has 1 aromatic rings. The minimum atomic E-state index is -1.03. The van der Waals surface area contributed by atoms with Crippen LogP contribution in [0.5, 0.6) is 5.75 Å². The molecule has 2 N–H and O–H groups in total. The third-order valence-electron chi connectivity index (χ3n) is 1.85. The molecule has 1 rings (SSSR count). The van der Waals surface area contributed by atoms with Gasteiger partial charge in [0.1, 0.15) is 5.75 Å². The summed E-state index contributed by atoms with van der Waals surface area (Å²) in [6.45, 7) is 0. The van der Waals surface area contributed by atoms with Crippen LogP contribution in [0.4, 0.5) is 0 Å². The quantitative estimate of drug-likeness (QED) is 0.540. The average molecular weight is 226 g/mol. The lowest BCUT2D eigenvalue weighted by atomic mass is 10.1. The van der Waals surface area contributed by atoms with Crippen molar-refractivity contribution >= 4 is 24.4 Å². The highest BCUT2D eigenvalue weighted by molar-refractivity contribution is 7.80. The molecule has 0 fully saturated rings. The van der Waals surface area contributed by atoms with Crippen LogP contribution in [-0.4, -0.2) is 22.0 Å². The summed E-state index contributed by atoms with van der Waals surface area (Å²) in [5.74, 6) is -1.59. The Kier molecular flexibility index (Phi) is 3.74. The topological polar surface area (TPSA) is 74.6 Å². The average Bonchev–Trinajstić information content (AvgIpc) is 2.14.